The van der Waals surface area contributed by atoms with Crippen molar-refractivity contribution in [2.75, 3.05) is 0 Å². The maximum Gasteiger partial charge on any atom is 0.391 e. The predicted molar refractivity (Wildman–Crippen MR) is 58.2 cm³/mol. The number of esters is 1. The van der Waals surface area contributed by atoms with E-state index in [0.717, 1.165) is 9.35 Å². The van der Waals surface area contributed by atoms with Gasteiger partial charge in [0.1, 0.15) is 6.26 Å². The second-order valence-electron chi connectivity index (χ2n) is 3.02. The van der Waals surface area contributed by atoms with Crippen LogP contribution in [0.3, 0.4) is 0 Å². The predicted octanol–water partition coefficient (Wildman–Crippen LogP) is 3.30. The minimum absolute atomic E-state index is 0.0511. The van der Waals surface area contributed by atoms with Crippen molar-refractivity contribution in [1.82, 2.24) is 0 Å². The first-order valence-electron chi connectivity index (χ1n) is 3.95. The number of carbonyl (C=O) groups excluding carboxylic acids is 1. The lowest BCUT2D eigenvalue weighted by Crippen LogP contribution is -2.10. The molecule has 1 heterocycles. The van der Waals surface area contributed by atoms with Gasteiger partial charge < -0.3 is 4.74 Å². The van der Waals surface area contributed by atoms with Gasteiger partial charge in [0, 0.05) is 6.07 Å². The second kappa shape index (κ2) is 4.24. The Bertz CT molecular complexity index is 317. The van der Waals surface area contributed by atoms with E-state index in [1.54, 1.807) is 0 Å². The van der Waals surface area contributed by atoms with E-state index in [0.29, 0.717) is 0 Å². The summed E-state index contributed by atoms with van der Waals surface area (Å²) in [6, 6.07) is 1.83. The molecule has 0 spiro atoms. The maximum atomic E-state index is 11.5. The van der Waals surface area contributed by atoms with Gasteiger partial charge in [0.25, 0.3) is 4.88 Å². The monoisotopic (exact) mass is 263 g/mol. The highest BCUT2D eigenvalue weighted by Gasteiger charge is 2.22. The highest BCUT2D eigenvalue weighted by atomic mass is 79.9. The Morgan fingerprint density at radius 3 is 2.62 bits per heavy atom. The van der Waals surface area contributed by atoms with E-state index >= 15 is 0 Å². The number of rotatable bonds is 2. The zero-order chi connectivity index (χ0) is 10.0. The summed E-state index contributed by atoms with van der Waals surface area (Å²) in [4.78, 5) is 12.2. The van der Waals surface area contributed by atoms with Crippen LogP contribution < -0.4 is 0 Å². The van der Waals surface area contributed by atoms with Crippen LogP contribution in [0.4, 0.5) is 0 Å². The van der Waals surface area contributed by atoms with Gasteiger partial charge in [-0.2, -0.15) is 0 Å². The molecule has 2 nitrogen and oxygen atoms in total. The number of aryl methyl sites for hydroxylation is 1. The van der Waals surface area contributed by atoms with Crippen molar-refractivity contribution in [1.29, 1.82) is 0 Å². The molecule has 1 atom stereocenters. The van der Waals surface area contributed by atoms with Crippen molar-refractivity contribution in [3.05, 3.63) is 20.8 Å². The van der Waals surface area contributed by atoms with Gasteiger partial charge in [-0.25, -0.2) is 4.79 Å². The number of thiophene rings is 1. The lowest BCUT2D eigenvalue weighted by atomic mass is 10.4. The van der Waals surface area contributed by atoms with Crippen LogP contribution >= 0.6 is 26.4 Å². The molecule has 0 saturated carbocycles. The van der Waals surface area contributed by atoms with Crippen LogP contribution in [0.5, 0.6) is 0 Å². The van der Waals surface area contributed by atoms with Crippen molar-refractivity contribution < 1.29 is 9.53 Å². The van der Waals surface area contributed by atoms with Crippen LogP contribution in [0.25, 0.3) is 0 Å². The topological polar surface area (TPSA) is 26.3 Å². The molecule has 0 fully saturated rings. The van der Waals surface area contributed by atoms with Gasteiger partial charge in [-0.3, -0.25) is 0 Å². The highest BCUT2D eigenvalue weighted by Crippen LogP contribution is 2.29. The van der Waals surface area contributed by atoms with Gasteiger partial charge in [-0.15, -0.1) is 0 Å². The van der Waals surface area contributed by atoms with Crippen molar-refractivity contribution in [2.45, 2.75) is 20.0 Å². The van der Waals surface area contributed by atoms with Gasteiger partial charge in [0.2, 0.25) is 0 Å². The Balaban J connectivity index is 2.82. The molecule has 1 unspecified atom stereocenters. The van der Waals surface area contributed by atoms with Crippen LogP contribution in [0.15, 0.2) is 15.9 Å². The number of halogens is 1. The van der Waals surface area contributed by atoms with Crippen molar-refractivity contribution in [2.24, 2.45) is 6.26 Å². The first kappa shape index (κ1) is 10.7. The van der Waals surface area contributed by atoms with Crippen LogP contribution in [-0.4, -0.2) is 12.1 Å². The quantitative estimate of drug-likeness (QED) is 0.605. The summed E-state index contributed by atoms with van der Waals surface area (Å²) in [6.45, 7) is 3.70. The van der Waals surface area contributed by atoms with Gasteiger partial charge >= 0.3 is 5.97 Å². The molecule has 13 heavy (non-hydrogen) atoms. The molecular weight excluding hydrogens is 252 g/mol. The molecule has 0 bridgehead atoms. The van der Waals surface area contributed by atoms with E-state index in [2.05, 4.69) is 15.9 Å². The summed E-state index contributed by atoms with van der Waals surface area (Å²) in [5, 5.41) is 2.01. The van der Waals surface area contributed by atoms with Crippen LogP contribution in [0.2, 0.25) is 0 Å². The molecule has 72 valence electrons. The fourth-order valence-corrected chi connectivity index (χ4v) is 3.33. The Morgan fingerprint density at radius 1 is 1.62 bits per heavy atom. The lowest BCUT2D eigenvalue weighted by Gasteiger charge is -2.03. The van der Waals surface area contributed by atoms with Crippen LogP contribution in [-0.2, 0) is 11.0 Å². The molecule has 0 aliphatic carbocycles. The molecule has 4 heteroatoms. The summed E-state index contributed by atoms with van der Waals surface area (Å²) in [5.41, 5.74) is 0. The summed E-state index contributed by atoms with van der Waals surface area (Å²) < 4.78 is 6.07. The van der Waals surface area contributed by atoms with Crippen LogP contribution in [0.1, 0.15) is 23.5 Å². The van der Waals surface area contributed by atoms with E-state index in [1.807, 2.05) is 31.5 Å². The zero-order valence-corrected chi connectivity index (χ0v) is 10.2. The zero-order valence-electron chi connectivity index (χ0n) is 7.83. The smallest absolute Gasteiger partial charge is 0.391 e. The van der Waals surface area contributed by atoms with Crippen molar-refractivity contribution in [3.63, 3.8) is 0 Å². The molecule has 0 saturated heterocycles. The Hall–Kier alpha value is -0.350. The molecule has 0 amide bonds. The van der Waals surface area contributed by atoms with Crippen LogP contribution in [0, 0.1) is 0 Å². The molecule has 0 N–H and O–H groups in total. The maximum absolute atomic E-state index is 11.5. The third kappa shape index (κ3) is 2.81. The Kier molecular flexibility index (Phi) is 3.50. The van der Waals surface area contributed by atoms with Gasteiger partial charge in [-0.05, 0) is 40.2 Å². The van der Waals surface area contributed by atoms with Gasteiger partial charge in [-0.1, -0.05) is 0 Å². The molecule has 1 aromatic heterocycles. The third-order valence-corrected chi connectivity index (χ3v) is 3.80. The SMILES string of the molecule is CC(C)OC(=O)c1cc(Br)c[s+]1C. The van der Waals surface area contributed by atoms with E-state index in [1.165, 1.54) is 0 Å². The normalized spacial score (nSPS) is 11.9. The number of ether oxygens (including phenoxy) is 1. The third-order valence-electron chi connectivity index (χ3n) is 1.45. The standard InChI is InChI=1S/C9H12BrO2S/c1-6(2)12-9(11)8-4-7(10)5-13(8)3/h4-6H,1-3H3/q+1. The lowest BCUT2D eigenvalue weighted by molar-refractivity contribution is 0.0383. The fraction of sp³-hybridized carbons (Fsp3) is 0.444. The highest BCUT2D eigenvalue weighted by molar-refractivity contribution is 9.10. The van der Waals surface area contributed by atoms with E-state index in [9.17, 15) is 4.79 Å². The number of hydrogen-bond donors (Lipinski definition) is 0. The molecule has 0 radical (unpaired) electrons. The molecule has 1 aromatic rings. The molecule has 0 aromatic carbocycles. The van der Waals surface area contributed by atoms with E-state index in [4.69, 9.17) is 4.74 Å². The van der Waals surface area contributed by atoms with E-state index < -0.39 is 0 Å². The van der Waals surface area contributed by atoms with Crippen molar-refractivity contribution >= 4 is 32.4 Å². The fourth-order valence-electron chi connectivity index (χ4n) is 0.947. The average molecular weight is 264 g/mol. The molecule has 0 aliphatic heterocycles. The summed E-state index contributed by atoms with van der Waals surface area (Å²) in [6.07, 6.45) is 1.95. The van der Waals surface area contributed by atoms with Crippen molar-refractivity contribution in [3.8, 4) is 0 Å². The first-order valence-corrected chi connectivity index (χ1v) is 6.44. The summed E-state index contributed by atoms with van der Waals surface area (Å²) >= 11 is 3.34. The second-order valence-corrected chi connectivity index (χ2v) is 5.73. The largest absolute Gasteiger partial charge is 0.456 e. The minimum atomic E-state index is -0.202. The first-order chi connectivity index (χ1) is 6.00. The van der Waals surface area contributed by atoms with E-state index in [-0.39, 0.29) is 22.5 Å². The molecular formula is C9H12BrO2S+. The molecule has 0 aliphatic rings. The Morgan fingerprint density at radius 2 is 2.23 bits per heavy atom. The summed E-state index contributed by atoms with van der Waals surface area (Å²) in [7, 11) is -0.110. The molecule has 1 rings (SSSR count). The minimum Gasteiger partial charge on any atom is -0.456 e. The average Bonchev–Trinajstić information content (AvgIpc) is 2.28. The van der Waals surface area contributed by atoms with Gasteiger partial charge in [0.15, 0.2) is 5.38 Å². The number of carbonyl (C=O) groups is 1. The number of hydrogen-bond acceptors (Lipinski definition) is 2. The summed E-state index contributed by atoms with van der Waals surface area (Å²) in [5.74, 6) is -0.202. The Labute approximate surface area is 89.0 Å². The van der Waals surface area contributed by atoms with Gasteiger partial charge in [0.05, 0.1) is 10.6 Å².